The molecule has 0 saturated carbocycles. The van der Waals surface area contributed by atoms with Crippen molar-refractivity contribution in [1.82, 2.24) is 5.32 Å². The highest BCUT2D eigenvalue weighted by Gasteiger charge is 2.16. The zero-order valence-corrected chi connectivity index (χ0v) is 14.5. The molecule has 0 bridgehead atoms. The highest BCUT2D eigenvalue weighted by atomic mass is 16.2. The number of rotatable bonds is 7. The van der Waals surface area contributed by atoms with E-state index in [1.165, 1.54) is 0 Å². The van der Waals surface area contributed by atoms with Crippen LogP contribution in [0.3, 0.4) is 0 Å². The van der Waals surface area contributed by atoms with Gasteiger partial charge in [0.15, 0.2) is 0 Å². The van der Waals surface area contributed by atoms with E-state index >= 15 is 0 Å². The van der Waals surface area contributed by atoms with Crippen molar-refractivity contribution >= 4 is 12.2 Å². The predicted molar refractivity (Wildman–Crippen MR) is 103 cm³/mol. The van der Waals surface area contributed by atoms with Crippen molar-refractivity contribution in [3.63, 3.8) is 0 Å². The van der Waals surface area contributed by atoms with Gasteiger partial charge in [-0.2, -0.15) is 0 Å². The molecule has 0 aromatic heterocycles. The number of hydrogen-bond donors (Lipinski definition) is 1. The topological polar surface area (TPSA) is 46.2 Å². The number of hydrogen-bond acceptors (Lipinski definition) is 2. The first-order valence-electron chi connectivity index (χ1n) is 8.68. The summed E-state index contributed by atoms with van der Waals surface area (Å²) in [6.07, 6.45) is 1.95. The molecule has 0 radical (unpaired) electrons. The summed E-state index contributed by atoms with van der Waals surface area (Å²) in [6, 6.07) is 26.7. The third-order valence-corrected chi connectivity index (χ3v) is 4.28. The van der Waals surface area contributed by atoms with Crippen LogP contribution in [0.5, 0.6) is 0 Å². The first-order valence-corrected chi connectivity index (χ1v) is 8.68. The maximum atomic E-state index is 12.7. The van der Waals surface area contributed by atoms with Gasteiger partial charge in [0.25, 0.3) is 5.91 Å². The number of carbonyl (C=O) groups excluding carboxylic acids is 2. The van der Waals surface area contributed by atoms with Gasteiger partial charge in [0.1, 0.15) is 6.29 Å². The Kier molecular flexibility index (Phi) is 5.94. The lowest BCUT2D eigenvalue weighted by atomic mass is 9.99. The van der Waals surface area contributed by atoms with Crippen molar-refractivity contribution < 1.29 is 9.59 Å². The minimum atomic E-state index is -0.547. The lowest BCUT2D eigenvalue weighted by Crippen LogP contribution is -2.38. The summed E-state index contributed by atoms with van der Waals surface area (Å²) in [4.78, 5) is 24.2. The standard InChI is InChI=1S/C23H21NO2/c25-17-21(16-19-11-5-2-6-12-19)24-23(26)22-14-8-7-13-20(22)15-18-9-3-1-4-10-18/h1-14,17,21H,15-16H2,(H,24,26)/t21-/m0/s1. The lowest BCUT2D eigenvalue weighted by Gasteiger charge is -2.15. The summed E-state index contributed by atoms with van der Waals surface area (Å²) < 4.78 is 0. The first-order chi connectivity index (χ1) is 12.8. The van der Waals surface area contributed by atoms with E-state index in [1.807, 2.05) is 78.9 Å². The number of benzene rings is 3. The third kappa shape index (κ3) is 4.67. The number of aldehydes is 1. The molecule has 1 amide bonds. The van der Waals surface area contributed by atoms with Crippen molar-refractivity contribution in [2.45, 2.75) is 18.9 Å². The van der Waals surface area contributed by atoms with Gasteiger partial charge in [-0.1, -0.05) is 78.9 Å². The Hall–Kier alpha value is -3.20. The molecular formula is C23H21NO2. The maximum Gasteiger partial charge on any atom is 0.252 e. The molecule has 26 heavy (non-hydrogen) atoms. The van der Waals surface area contributed by atoms with Crippen LogP contribution in [0.4, 0.5) is 0 Å². The van der Waals surface area contributed by atoms with Gasteiger partial charge in [-0.25, -0.2) is 0 Å². The molecule has 3 heteroatoms. The van der Waals surface area contributed by atoms with E-state index in [0.717, 1.165) is 23.0 Å². The second-order valence-electron chi connectivity index (χ2n) is 6.23. The van der Waals surface area contributed by atoms with E-state index < -0.39 is 6.04 Å². The van der Waals surface area contributed by atoms with Crippen LogP contribution in [0.2, 0.25) is 0 Å². The zero-order chi connectivity index (χ0) is 18.2. The van der Waals surface area contributed by atoms with Gasteiger partial charge in [-0.3, -0.25) is 4.79 Å². The molecule has 130 valence electrons. The Balaban J connectivity index is 1.74. The van der Waals surface area contributed by atoms with Crippen molar-refractivity contribution in [2.75, 3.05) is 0 Å². The molecule has 3 rings (SSSR count). The average Bonchev–Trinajstić information content (AvgIpc) is 2.69. The normalized spacial score (nSPS) is 11.5. The molecule has 3 aromatic rings. The maximum absolute atomic E-state index is 12.7. The van der Waals surface area contributed by atoms with Crippen LogP contribution in [-0.2, 0) is 17.6 Å². The van der Waals surface area contributed by atoms with Crippen LogP contribution < -0.4 is 5.32 Å². The quantitative estimate of drug-likeness (QED) is 0.663. The average molecular weight is 343 g/mol. The summed E-state index contributed by atoms with van der Waals surface area (Å²) in [5.41, 5.74) is 3.71. The number of carbonyl (C=O) groups is 2. The largest absolute Gasteiger partial charge is 0.342 e. The predicted octanol–water partition coefficient (Wildman–Crippen LogP) is 3.82. The second kappa shape index (κ2) is 8.77. The smallest absolute Gasteiger partial charge is 0.252 e. The lowest BCUT2D eigenvalue weighted by molar-refractivity contribution is -0.109. The fraction of sp³-hybridized carbons (Fsp3) is 0.130. The highest BCUT2D eigenvalue weighted by Crippen LogP contribution is 2.15. The summed E-state index contributed by atoms with van der Waals surface area (Å²) in [5, 5.41) is 2.85. The Morgan fingerprint density at radius 1 is 0.808 bits per heavy atom. The summed E-state index contributed by atoms with van der Waals surface area (Å²) in [6.45, 7) is 0. The number of amides is 1. The van der Waals surface area contributed by atoms with Crippen LogP contribution in [0.25, 0.3) is 0 Å². The van der Waals surface area contributed by atoms with E-state index in [9.17, 15) is 9.59 Å². The minimum absolute atomic E-state index is 0.218. The van der Waals surface area contributed by atoms with Crippen LogP contribution in [0.15, 0.2) is 84.9 Å². The molecule has 0 saturated heterocycles. The van der Waals surface area contributed by atoms with E-state index in [-0.39, 0.29) is 5.91 Å². The monoisotopic (exact) mass is 343 g/mol. The van der Waals surface area contributed by atoms with E-state index in [0.29, 0.717) is 18.4 Å². The molecule has 0 unspecified atom stereocenters. The Morgan fingerprint density at radius 2 is 1.38 bits per heavy atom. The molecule has 0 heterocycles. The molecule has 3 nitrogen and oxygen atoms in total. The van der Waals surface area contributed by atoms with Crippen LogP contribution in [0, 0.1) is 0 Å². The van der Waals surface area contributed by atoms with Crippen LogP contribution >= 0.6 is 0 Å². The van der Waals surface area contributed by atoms with E-state index in [4.69, 9.17) is 0 Å². The van der Waals surface area contributed by atoms with Crippen LogP contribution in [-0.4, -0.2) is 18.2 Å². The summed E-state index contributed by atoms with van der Waals surface area (Å²) in [5.74, 6) is -0.218. The van der Waals surface area contributed by atoms with Gasteiger partial charge >= 0.3 is 0 Å². The van der Waals surface area contributed by atoms with Gasteiger partial charge in [-0.15, -0.1) is 0 Å². The molecule has 0 fully saturated rings. The molecule has 3 aromatic carbocycles. The molecule has 0 aliphatic rings. The van der Waals surface area contributed by atoms with Gasteiger partial charge < -0.3 is 10.1 Å². The minimum Gasteiger partial charge on any atom is -0.342 e. The van der Waals surface area contributed by atoms with Gasteiger partial charge in [0.2, 0.25) is 0 Å². The SMILES string of the molecule is O=C[C@H](Cc1ccccc1)NC(=O)c1ccccc1Cc1ccccc1. The van der Waals surface area contributed by atoms with E-state index in [1.54, 1.807) is 6.07 Å². The van der Waals surface area contributed by atoms with Crippen molar-refractivity contribution in [2.24, 2.45) is 0 Å². The summed E-state index contributed by atoms with van der Waals surface area (Å²) >= 11 is 0. The van der Waals surface area contributed by atoms with Crippen molar-refractivity contribution in [3.05, 3.63) is 107 Å². The van der Waals surface area contributed by atoms with Crippen molar-refractivity contribution in [1.29, 1.82) is 0 Å². The van der Waals surface area contributed by atoms with E-state index in [2.05, 4.69) is 5.32 Å². The molecule has 0 aliphatic heterocycles. The van der Waals surface area contributed by atoms with Gasteiger partial charge in [-0.05, 0) is 35.6 Å². The fourth-order valence-electron chi connectivity index (χ4n) is 2.96. The highest BCUT2D eigenvalue weighted by molar-refractivity contribution is 5.97. The Labute approximate surface area is 153 Å². The zero-order valence-electron chi connectivity index (χ0n) is 14.5. The molecular weight excluding hydrogens is 322 g/mol. The molecule has 0 aliphatic carbocycles. The Bertz CT molecular complexity index is 860. The summed E-state index contributed by atoms with van der Waals surface area (Å²) in [7, 11) is 0. The van der Waals surface area contributed by atoms with Crippen LogP contribution in [0.1, 0.15) is 27.0 Å². The third-order valence-electron chi connectivity index (χ3n) is 4.28. The van der Waals surface area contributed by atoms with Gasteiger partial charge in [0.05, 0.1) is 6.04 Å². The van der Waals surface area contributed by atoms with Crippen molar-refractivity contribution in [3.8, 4) is 0 Å². The molecule has 1 atom stereocenters. The first kappa shape index (κ1) is 17.6. The molecule has 1 N–H and O–H groups in total. The molecule has 0 spiro atoms. The fourth-order valence-corrected chi connectivity index (χ4v) is 2.96. The Morgan fingerprint density at radius 3 is 2.04 bits per heavy atom. The second-order valence-corrected chi connectivity index (χ2v) is 6.23. The van der Waals surface area contributed by atoms with Gasteiger partial charge in [0, 0.05) is 5.56 Å². The number of nitrogens with one attached hydrogen (secondary N) is 1.